The van der Waals surface area contributed by atoms with Crippen molar-refractivity contribution in [1.82, 2.24) is 24.6 Å². The summed E-state index contributed by atoms with van der Waals surface area (Å²) in [5.41, 5.74) is 5.64. The predicted molar refractivity (Wildman–Crippen MR) is 108 cm³/mol. The minimum absolute atomic E-state index is 0.217. The summed E-state index contributed by atoms with van der Waals surface area (Å²) in [5.74, 6) is 1.07. The van der Waals surface area contributed by atoms with E-state index >= 15 is 0 Å². The number of hydrogen-bond acceptors (Lipinski definition) is 3. The first kappa shape index (κ1) is 17.5. The Bertz CT molecular complexity index is 1030. The van der Waals surface area contributed by atoms with Gasteiger partial charge in [-0.1, -0.05) is 42.5 Å². The number of para-hydroxylation sites is 2. The van der Waals surface area contributed by atoms with Crippen LogP contribution in [0.2, 0.25) is 0 Å². The van der Waals surface area contributed by atoms with E-state index in [4.69, 9.17) is 4.98 Å². The largest absolute Gasteiger partial charge is 0.320 e. The zero-order valence-electron chi connectivity index (χ0n) is 16.1. The third-order valence-corrected chi connectivity index (χ3v) is 4.94. The number of rotatable bonds is 6. The van der Waals surface area contributed by atoms with E-state index in [1.165, 1.54) is 11.1 Å². The molecule has 1 atom stereocenters. The molecule has 5 heteroatoms. The number of fused-ring (bicyclic) bond motifs is 1. The highest BCUT2D eigenvalue weighted by atomic mass is 15.2. The predicted octanol–water partition coefficient (Wildman–Crippen LogP) is 4.31. The molecule has 0 saturated heterocycles. The number of nitrogens with zero attached hydrogens (tertiary/aromatic N) is 4. The number of imidazole rings is 1. The maximum absolute atomic E-state index is 4.94. The molecule has 0 spiro atoms. The summed E-state index contributed by atoms with van der Waals surface area (Å²) < 4.78 is 2.36. The van der Waals surface area contributed by atoms with E-state index in [9.17, 15) is 0 Å². The summed E-state index contributed by atoms with van der Waals surface area (Å²) in [6.07, 6.45) is 0. The number of nitrogens with one attached hydrogen (secondary N) is 1. The van der Waals surface area contributed by atoms with Crippen molar-refractivity contribution in [2.24, 2.45) is 0 Å². The van der Waals surface area contributed by atoms with E-state index in [1.807, 2.05) is 13.0 Å². The monoisotopic (exact) mass is 359 g/mol. The van der Waals surface area contributed by atoms with Crippen LogP contribution in [-0.2, 0) is 13.1 Å². The molecule has 2 heterocycles. The van der Waals surface area contributed by atoms with Gasteiger partial charge in [0.1, 0.15) is 5.82 Å². The van der Waals surface area contributed by atoms with Crippen molar-refractivity contribution < 1.29 is 0 Å². The van der Waals surface area contributed by atoms with Crippen LogP contribution < -0.4 is 0 Å². The van der Waals surface area contributed by atoms with Gasteiger partial charge in [0.2, 0.25) is 0 Å². The summed E-state index contributed by atoms with van der Waals surface area (Å²) >= 11 is 0. The van der Waals surface area contributed by atoms with Gasteiger partial charge in [0.15, 0.2) is 0 Å². The van der Waals surface area contributed by atoms with Gasteiger partial charge in [0.25, 0.3) is 0 Å². The molecule has 0 aliphatic rings. The zero-order valence-corrected chi connectivity index (χ0v) is 16.1. The molecular weight excluding hydrogens is 334 g/mol. The standard InChI is InChI=1S/C22H25N5/c1-16-13-19(25-24-16)14-26(3)15-22-23-20-11-7-8-12-21(20)27(22)17(2)18-9-5-4-6-10-18/h4-13,17H,14-15H2,1-3H3,(H,24,25)/t17-/m0/s1. The number of H-pyrrole nitrogens is 1. The van der Waals surface area contributed by atoms with Gasteiger partial charge in [-0.15, -0.1) is 0 Å². The maximum Gasteiger partial charge on any atom is 0.124 e. The Morgan fingerprint density at radius 1 is 1.04 bits per heavy atom. The fourth-order valence-electron chi connectivity index (χ4n) is 3.65. The van der Waals surface area contributed by atoms with Gasteiger partial charge in [-0.3, -0.25) is 10.00 Å². The number of aromatic amines is 1. The summed E-state index contributed by atoms with van der Waals surface area (Å²) in [6.45, 7) is 5.81. The molecule has 27 heavy (non-hydrogen) atoms. The normalized spacial score (nSPS) is 12.7. The topological polar surface area (TPSA) is 49.7 Å². The molecule has 0 radical (unpaired) electrons. The average molecular weight is 359 g/mol. The van der Waals surface area contributed by atoms with Gasteiger partial charge in [-0.05, 0) is 44.7 Å². The molecule has 2 aromatic heterocycles. The van der Waals surface area contributed by atoms with Crippen LogP contribution in [0.15, 0.2) is 60.7 Å². The van der Waals surface area contributed by atoms with E-state index in [0.29, 0.717) is 0 Å². The van der Waals surface area contributed by atoms with Gasteiger partial charge in [0, 0.05) is 12.2 Å². The Morgan fingerprint density at radius 3 is 2.52 bits per heavy atom. The first-order valence-electron chi connectivity index (χ1n) is 9.32. The van der Waals surface area contributed by atoms with Crippen molar-refractivity contribution in [1.29, 1.82) is 0 Å². The summed E-state index contributed by atoms with van der Waals surface area (Å²) in [4.78, 5) is 7.19. The highest BCUT2D eigenvalue weighted by molar-refractivity contribution is 5.76. The van der Waals surface area contributed by atoms with E-state index in [0.717, 1.165) is 35.8 Å². The van der Waals surface area contributed by atoms with Gasteiger partial charge in [0.05, 0.1) is 29.3 Å². The van der Waals surface area contributed by atoms with Crippen LogP contribution in [0.25, 0.3) is 11.0 Å². The molecule has 0 aliphatic heterocycles. The Kier molecular flexibility index (Phi) is 4.77. The lowest BCUT2D eigenvalue weighted by molar-refractivity contribution is 0.300. The highest BCUT2D eigenvalue weighted by Gasteiger charge is 2.18. The van der Waals surface area contributed by atoms with Crippen molar-refractivity contribution in [2.45, 2.75) is 33.0 Å². The fourth-order valence-corrected chi connectivity index (χ4v) is 3.65. The lowest BCUT2D eigenvalue weighted by atomic mass is 10.1. The number of hydrogen-bond donors (Lipinski definition) is 1. The molecular formula is C22H25N5. The number of aryl methyl sites for hydroxylation is 1. The van der Waals surface area contributed by atoms with Gasteiger partial charge < -0.3 is 4.57 Å². The van der Waals surface area contributed by atoms with Crippen LogP contribution in [0.3, 0.4) is 0 Å². The van der Waals surface area contributed by atoms with Crippen molar-refractivity contribution in [3.05, 3.63) is 83.4 Å². The first-order valence-corrected chi connectivity index (χ1v) is 9.32. The zero-order chi connectivity index (χ0) is 18.8. The van der Waals surface area contributed by atoms with Crippen LogP contribution in [-0.4, -0.2) is 31.7 Å². The van der Waals surface area contributed by atoms with Gasteiger partial charge in [-0.25, -0.2) is 4.98 Å². The Balaban J connectivity index is 1.67. The summed E-state index contributed by atoms with van der Waals surface area (Å²) in [6, 6.07) is 21.3. The van der Waals surface area contributed by atoms with Crippen molar-refractivity contribution >= 4 is 11.0 Å². The second-order valence-electron chi connectivity index (χ2n) is 7.19. The Hall–Kier alpha value is -2.92. The molecule has 0 aliphatic carbocycles. The average Bonchev–Trinajstić information content (AvgIpc) is 3.24. The second-order valence-corrected chi connectivity index (χ2v) is 7.19. The lowest BCUT2D eigenvalue weighted by Gasteiger charge is -2.21. The molecule has 0 amide bonds. The molecule has 0 fully saturated rings. The van der Waals surface area contributed by atoms with Gasteiger partial charge in [-0.2, -0.15) is 5.10 Å². The molecule has 4 aromatic rings. The van der Waals surface area contributed by atoms with E-state index in [1.54, 1.807) is 0 Å². The van der Waals surface area contributed by atoms with E-state index < -0.39 is 0 Å². The van der Waals surface area contributed by atoms with Crippen molar-refractivity contribution in [3.8, 4) is 0 Å². The van der Waals surface area contributed by atoms with E-state index in [2.05, 4.69) is 88.2 Å². The van der Waals surface area contributed by atoms with Crippen LogP contribution in [0.4, 0.5) is 0 Å². The third-order valence-electron chi connectivity index (χ3n) is 4.94. The lowest BCUT2D eigenvalue weighted by Crippen LogP contribution is -2.21. The molecule has 4 rings (SSSR count). The maximum atomic E-state index is 4.94. The van der Waals surface area contributed by atoms with Crippen molar-refractivity contribution in [2.75, 3.05) is 7.05 Å². The molecule has 5 nitrogen and oxygen atoms in total. The van der Waals surface area contributed by atoms with Crippen molar-refractivity contribution in [3.63, 3.8) is 0 Å². The third kappa shape index (κ3) is 3.64. The molecule has 1 N–H and O–H groups in total. The smallest absolute Gasteiger partial charge is 0.124 e. The first-order chi connectivity index (χ1) is 13.1. The molecule has 2 aromatic carbocycles. The number of aromatic nitrogens is 4. The van der Waals surface area contributed by atoms with Crippen LogP contribution in [0.1, 0.15) is 35.7 Å². The SMILES string of the molecule is Cc1cc(CN(C)Cc2nc3ccccc3n2[C@@H](C)c2ccccc2)n[nH]1. The Morgan fingerprint density at radius 2 is 1.78 bits per heavy atom. The molecule has 0 saturated carbocycles. The van der Waals surface area contributed by atoms with Crippen LogP contribution in [0, 0.1) is 6.92 Å². The molecule has 0 bridgehead atoms. The fraction of sp³-hybridized carbons (Fsp3) is 0.273. The summed E-state index contributed by atoms with van der Waals surface area (Å²) in [5, 5.41) is 7.36. The molecule has 0 unspecified atom stereocenters. The van der Waals surface area contributed by atoms with E-state index in [-0.39, 0.29) is 6.04 Å². The second kappa shape index (κ2) is 7.37. The quantitative estimate of drug-likeness (QED) is 0.558. The highest BCUT2D eigenvalue weighted by Crippen LogP contribution is 2.26. The van der Waals surface area contributed by atoms with Gasteiger partial charge >= 0.3 is 0 Å². The minimum atomic E-state index is 0.217. The van der Waals surface area contributed by atoms with Crippen LogP contribution >= 0.6 is 0 Å². The summed E-state index contributed by atoms with van der Waals surface area (Å²) in [7, 11) is 2.11. The minimum Gasteiger partial charge on any atom is -0.320 e. The Labute approximate surface area is 159 Å². The van der Waals surface area contributed by atoms with Crippen LogP contribution in [0.5, 0.6) is 0 Å². The number of benzene rings is 2. The molecule has 138 valence electrons.